The van der Waals surface area contributed by atoms with Gasteiger partial charge in [-0.3, -0.25) is 10.2 Å². The van der Waals surface area contributed by atoms with Crippen LogP contribution >= 0.6 is 39.0 Å². The van der Waals surface area contributed by atoms with Crippen molar-refractivity contribution in [2.45, 2.75) is 20.4 Å². The Morgan fingerprint density at radius 1 is 1.23 bits per heavy atom. The van der Waals surface area contributed by atoms with E-state index >= 15 is 0 Å². The average Bonchev–Trinajstić information content (AvgIpc) is 3.24. The maximum absolute atomic E-state index is 14.3. The number of rotatable bonds is 5. The summed E-state index contributed by atoms with van der Waals surface area (Å²) in [6, 6.07) is 14.8. The molecule has 1 amide bonds. The van der Waals surface area contributed by atoms with Gasteiger partial charge in [0.1, 0.15) is 15.6 Å². The summed E-state index contributed by atoms with van der Waals surface area (Å²) in [6.45, 7) is 0. The van der Waals surface area contributed by atoms with Crippen molar-refractivity contribution in [2.24, 2.45) is 10.1 Å². The lowest BCUT2D eigenvalue weighted by Gasteiger charge is -2.11. The number of nitrogens with two attached hydrogens (primary N) is 2. The van der Waals surface area contributed by atoms with Crippen molar-refractivity contribution in [3.05, 3.63) is 69.5 Å². The minimum atomic E-state index is -4.90. The lowest BCUT2D eigenvalue weighted by atomic mass is 10.2. The number of benzene rings is 2. The first-order valence-corrected chi connectivity index (χ1v) is 13.5. The maximum atomic E-state index is 14.3. The Hall–Kier alpha value is -2.43. The van der Waals surface area contributed by atoms with Crippen molar-refractivity contribution < 1.29 is 32.3 Å². The molecule has 188 valence electrons. The molecule has 0 aliphatic heterocycles. The summed E-state index contributed by atoms with van der Waals surface area (Å²) >= 11 is 6.01. The van der Waals surface area contributed by atoms with Gasteiger partial charge in [-0.25, -0.2) is 9.47 Å². The summed E-state index contributed by atoms with van der Waals surface area (Å²) < 4.78 is 50.8. The maximum Gasteiger partial charge on any atom is 0.549 e. The number of nitrogens with one attached hydrogen (secondary N) is 1. The SMILES string of the molecule is CSc1sc(C(=N)N)cc1S(=O)(=NC(=O)c1cccc(N)c1)c1cccc(Br)c1.OOC(F)(F)F. The molecule has 1 aromatic heterocycles. The van der Waals surface area contributed by atoms with Gasteiger partial charge in [-0.15, -0.1) is 45.5 Å². The van der Waals surface area contributed by atoms with Crippen molar-refractivity contribution in [3.8, 4) is 0 Å². The number of amidine groups is 1. The van der Waals surface area contributed by atoms with Crippen molar-refractivity contribution >= 4 is 66.2 Å². The Morgan fingerprint density at radius 2 is 1.86 bits per heavy atom. The van der Waals surface area contributed by atoms with Crippen LogP contribution in [0.5, 0.6) is 0 Å². The quantitative estimate of drug-likeness (QED) is 0.0709. The van der Waals surface area contributed by atoms with Crippen LogP contribution in [0.4, 0.5) is 18.9 Å². The minimum absolute atomic E-state index is 0.130. The molecule has 1 atom stereocenters. The molecule has 0 fully saturated rings. The molecule has 0 radical (unpaired) electrons. The van der Waals surface area contributed by atoms with Gasteiger partial charge in [0.05, 0.1) is 18.9 Å². The van der Waals surface area contributed by atoms with E-state index in [-0.39, 0.29) is 11.4 Å². The highest BCUT2D eigenvalue weighted by Crippen LogP contribution is 2.38. The smallest absolute Gasteiger partial charge is 0.399 e. The lowest BCUT2D eigenvalue weighted by Crippen LogP contribution is -2.09. The third-order valence-corrected chi connectivity index (χ3v) is 9.27. The first-order valence-electron chi connectivity index (χ1n) is 9.15. The first kappa shape index (κ1) is 28.8. The second-order valence-corrected chi connectivity index (χ2v) is 11.6. The number of nitrogens with zero attached hydrogens (tertiary/aromatic N) is 1. The van der Waals surface area contributed by atoms with Crippen molar-refractivity contribution in [3.63, 3.8) is 0 Å². The van der Waals surface area contributed by atoms with E-state index < -0.39 is 22.0 Å². The normalized spacial score (nSPS) is 12.7. The molecular formula is C20H18BrF3N4O4S3. The van der Waals surface area contributed by atoms with E-state index in [0.717, 1.165) is 0 Å². The van der Waals surface area contributed by atoms with Gasteiger partial charge in [0.2, 0.25) is 0 Å². The van der Waals surface area contributed by atoms with Crippen LogP contribution in [-0.4, -0.2) is 33.8 Å². The van der Waals surface area contributed by atoms with Crippen molar-refractivity contribution in [1.29, 1.82) is 5.41 Å². The summed E-state index contributed by atoms with van der Waals surface area (Å²) in [6.07, 6.45) is -3.07. The zero-order chi connectivity index (χ0) is 26.4. The van der Waals surface area contributed by atoms with Crippen LogP contribution in [0.15, 0.2) is 77.4 Å². The van der Waals surface area contributed by atoms with E-state index in [1.807, 2.05) is 11.1 Å². The van der Waals surface area contributed by atoms with E-state index in [0.29, 0.717) is 29.0 Å². The van der Waals surface area contributed by atoms with E-state index in [4.69, 9.17) is 22.1 Å². The van der Waals surface area contributed by atoms with Crippen molar-refractivity contribution in [1.82, 2.24) is 0 Å². The number of nitrogen functional groups attached to an aromatic ring is 2. The molecule has 0 bridgehead atoms. The first-order chi connectivity index (χ1) is 16.3. The molecule has 1 heterocycles. The zero-order valence-corrected chi connectivity index (χ0v) is 21.7. The van der Waals surface area contributed by atoms with Gasteiger partial charge >= 0.3 is 6.36 Å². The Labute approximate surface area is 215 Å². The molecule has 0 spiro atoms. The highest BCUT2D eigenvalue weighted by atomic mass is 79.9. The third-order valence-electron chi connectivity index (χ3n) is 3.98. The predicted molar refractivity (Wildman–Crippen MR) is 133 cm³/mol. The standard InChI is InChI=1S/C19H17BrN4O2S3.CHF3O2/c1-27-19-16(10-15(28-19)17(22)23)29(26,14-7-3-5-12(20)9-14)24-18(25)11-4-2-6-13(21)8-11;2-1(3,4)6-5/h2-10H,21H2,1H3,(H3,22,23);5H. The number of thiophene rings is 1. The number of alkyl halides is 3. The number of hydrogen-bond donors (Lipinski definition) is 4. The summed E-state index contributed by atoms with van der Waals surface area (Å²) in [7, 11) is -3.34. The van der Waals surface area contributed by atoms with Gasteiger partial charge in [-0.05, 0) is 48.7 Å². The number of thioether (sulfide) groups is 1. The molecule has 0 saturated heterocycles. The predicted octanol–water partition coefficient (Wildman–Crippen LogP) is 5.82. The van der Waals surface area contributed by atoms with E-state index in [9.17, 15) is 22.2 Å². The number of halogens is 4. The highest BCUT2D eigenvalue weighted by Gasteiger charge is 2.29. The summed E-state index contributed by atoms with van der Waals surface area (Å²) in [5.74, 6) is -0.764. The summed E-state index contributed by atoms with van der Waals surface area (Å²) in [4.78, 5) is 16.1. The molecule has 15 heteroatoms. The van der Waals surface area contributed by atoms with Crippen LogP contribution in [0, 0.1) is 5.41 Å². The Morgan fingerprint density at radius 3 is 2.37 bits per heavy atom. The summed E-state index contributed by atoms with van der Waals surface area (Å²) in [5, 5.41) is 14.5. The van der Waals surface area contributed by atoms with Gasteiger partial charge < -0.3 is 11.5 Å². The number of carbonyl (C=O) groups excluding carboxylic acids is 1. The second kappa shape index (κ2) is 12.0. The number of carbonyl (C=O) groups is 1. The van der Waals surface area contributed by atoms with Crippen LogP contribution in [-0.2, 0) is 14.6 Å². The Balaban J connectivity index is 0.000000641. The van der Waals surface area contributed by atoms with Gasteiger partial charge in [0.15, 0.2) is 0 Å². The lowest BCUT2D eigenvalue weighted by molar-refractivity contribution is -0.464. The van der Waals surface area contributed by atoms with Crippen LogP contribution in [0.2, 0.25) is 0 Å². The van der Waals surface area contributed by atoms with Crippen LogP contribution in [0.3, 0.4) is 0 Å². The molecule has 6 N–H and O–H groups in total. The molecule has 1 unspecified atom stereocenters. The number of hydrogen-bond acceptors (Lipinski definition) is 8. The Kier molecular flexibility index (Phi) is 9.88. The van der Waals surface area contributed by atoms with E-state index in [2.05, 4.69) is 20.3 Å². The van der Waals surface area contributed by atoms with Gasteiger partial charge in [-0.2, -0.15) is 0 Å². The van der Waals surface area contributed by atoms with Crippen molar-refractivity contribution in [2.75, 3.05) is 12.0 Å². The topological polar surface area (TPSA) is 152 Å². The van der Waals surface area contributed by atoms with E-state index in [1.54, 1.807) is 48.5 Å². The monoisotopic (exact) mass is 610 g/mol. The minimum Gasteiger partial charge on any atom is -0.399 e. The van der Waals surface area contributed by atoms with Crippen LogP contribution in [0.25, 0.3) is 0 Å². The van der Waals surface area contributed by atoms with Crippen LogP contribution in [0.1, 0.15) is 15.2 Å². The molecule has 3 rings (SSSR count). The molecule has 3 aromatic rings. The van der Waals surface area contributed by atoms with E-state index in [1.165, 1.54) is 29.2 Å². The van der Waals surface area contributed by atoms with Crippen LogP contribution < -0.4 is 11.5 Å². The molecule has 0 saturated carbocycles. The number of amides is 1. The second-order valence-electron chi connectivity index (χ2n) is 6.42. The molecule has 35 heavy (non-hydrogen) atoms. The molecule has 8 nitrogen and oxygen atoms in total. The fourth-order valence-electron chi connectivity index (χ4n) is 2.53. The molecule has 2 aromatic carbocycles. The highest BCUT2D eigenvalue weighted by molar-refractivity contribution is 9.10. The average molecular weight is 611 g/mol. The fourth-order valence-corrected chi connectivity index (χ4v) is 7.57. The summed E-state index contributed by atoms with van der Waals surface area (Å²) in [5.41, 5.74) is 12.1. The fraction of sp³-hybridized carbons (Fsp3) is 0.100. The van der Waals surface area contributed by atoms with Gasteiger partial charge in [0, 0.05) is 15.7 Å². The number of anilines is 1. The zero-order valence-electron chi connectivity index (χ0n) is 17.7. The molecule has 0 aliphatic carbocycles. The largest absolute Gasteiger partial charge is 0.549 e. The molecular weight excluding hydrogens is 593 g/mol. The molecule has 0 aliphatic rings. The third kappa shape index (κ3) is 7.78. The van der Waals surface area contributed by atoms with Gasteiger partial charge in [-0.1, -0.05) is 28.1 Å². The Bertz CT molecular complexity index is 1360. The van der Waals surface area contributed by atoms with Gasteiger partial charge in [0.25, 0.3) is 5.91 Å².